The number of piperazine rings is 1. The molecule has 7 heteroatoms. The van der Waals surface area contributed by atoms with E-state index in [4.69, 9.17) is 0 Å². The highest BCUT2D eigenvalue weighted by atomic mass is 19.2. The lowest BCUT2D eigenvalue weighted by atomic mass is 10.1. The first kappa shape index (κ1) is 19.0. The molecule has 1 fully saturated rings. The highest BCUT2D eigenvalue weighted by molar-refractivity contribution is 5.96. The molecule has 1 saturated heterocycles. The summed E-state index contributed by atoms with van der Waals surface area (Å²) in [5.41, 5.74) is 0.861. The Morgan fingerprint density at radius 2 is 1.70 bits per heavy atom. The first-order chi connectivity index (χ1) is 13.0. The van der Waals surface area contributed by atoms with E-state index in [1.807, 2.05) is 30.3 Å². The van der Waals surface area contributed by atoms with Crippen LogP contribution in [0.1, 0.15) is 15.9 Å². The molecule has 0 aliphatic carbocycles. The van der Waals surface area contributed by atoms with E-state index in [-0.39, 0.29) is 24.6 Å². The SMILES string of the molecule is O=C(CN(Cc1ccccc1)C(=O)c1ccc(F)c(F)c1)N1CCNCC1. The molecule has 2 aromatic carbocycles. The third kappa shape index (κ3) is 4.89. The Morgan fingerprint density at radius 1 is 1.00 bits per heavy atom. The van der Waals surface area contributed by atoms with Crippen molar-refractivity contribution in [3.05, 3.63) is 71.3 Å². The molecular weight excluding hydrogens is 352 g/mol. The van der Waals surface area contributed by atoms with Gasteiger partial charge in [0.25, 0.3) is 5.91 Å². The molecule has 1 heterocycles. The van der Waals surface area contributed by atoms with Crippen molar-refractivity contribution < 1.29 is 18.4 Å². The van der Waals surface area contributed by atoms with Crippen molar-refractivity contribution in [2.24, 2.45) is 0 Å². The van der Waals surface area contributed by atoms with Crippen LogP contribution >= 0.6 is 0 Å². The van der Waals surface area contributed by atoms with Crippen LogP contribution in [0.3, 0.4) is 0 Å². The molecular formula is C20H21F2N3O2. The summed E-state index contributed by atoms with van der Waals surface area (Å²) >= 11 is 0. The fourth-order valence-corrected chi connectivity index (χ4v) is 2.99. The van der Waals surface area contributed by atoms with Gasteiger partial charge >= 0.3 is 0 Å². The van der Waals surface area contributed by atoms with Crippen molar-refractivity contribution in [2.45, 2.75) is 6.54 Å². The summed E-state index contributed by atoms with van der Waals surface area (Å²) < 4.78 is 26.8. The molecule has 27 heavy (non-hydrogen) atoms. The minimum atomic E-state index is -1.09. The normalized spacial score (nSPS) is 14.1. The van der Waals surface area contributed by atoms with Crippen LogP contribution in [0.2, 0.25) is 0 Å². The molecule has 0 bridgehead atoms. The zero-order valence-electron chi connectivity index (χ0n) is 14.8. The first-order valence-electron chi connectivity index (χ1n) is 8.81. The molecule has 1 N–H and O–H groups in total. The zero-order chi connectivity index (χ0) is 19.2. The second-order valence-electron chi connectivity index (χ2n) is 6.41. The van der Waals surface area contributed by atoms with Gasteiger partial charge in [-0.05, 0) is 23.8 Å². The van der Waals surface area contributed by atoms with Gasteiger partial charge in [-0.3, -0.25) is 9.59 Å². The summed E-state index contributed by atoms with van der Waals surface area (Å²) in [4.78, 5) is 28.6. The van der Waals surface area contributed by atoms with Crippen LogP contribution < -0.4 is 5.32 Å². The number of nitrogens with one attached hydrogen (secondary N) is 1. The molecule has 0 saturated carbocycles. The second-order valence-corrected chi connectivity index (χ2v) is 6.41. The van der Waals surface area contributed by atoms with Crippen LogP contribution in [0, 0.1) is 11.6 Å². The Morgan fingerprint density at radius 3 is 2.37 bits per heavy atom. The summed E-state index contributed by atoms with van der Waals surface area (Å²) in [6.07, 6.45) is 0. The summed E-state index contributed by atoms with van der Waals surface area (Å²) in [6.45, 7) is 2.67. The molecule has 0 spiro atoms. The lowest BCUT2D eigenvalue weighted by Gasteiger charge is -2.30. The molecule has 3 rings (SSSR count). The topological polar surface area (TPSA) is 52.7 Å². The van der Waals surface area contributed by atoms with Crippen LogP contribution in [0.5, 0.6) is 0 Å². The quantitative estimate of drug-likeness (QED) is 0.873. The van der Waals surface area contributed by atoms with Crippen molar-refractivity contribution >= 4 is 11.8 Å². The molecule has 1 aliphatic heterocycles. The number of hydrogen-bond donors (Lipinski definition) is 1. The van der Waals surface area contributed by atoms with Gasteiger partial charge in [-0.15, -0.1) is 0 Å². The number of halogens is 2. The lowest BCUT2D eigenvalue weighted by Crippen LogP contribution is -2.50. The highest BCUT2D eigenvalue weighted by Crippen LogP contribution is 2.14. The molecule has 2 amide bonds. The summed E-state index contributed by atoms with van der Waals surface area (Å²) in [6, 6.07) is 12.3. The number of carbonyl (C=O) groups excluding carboxylic acids is 2. The largest absolute Gasteiger partial charge is 0.339 e. The molecule has 142 valence electrons. The Kier molecular flexibility index (Phi) is 6.13. The number of amides is 2. The Labute approximate surface area is 156 Å². The Balaban J connectivity index is 1.80. The lowest BCUT2D eigenvalue weighted by molar-refractivity contribution is -0.132. The number of carbonyl (C=O) groups is 2. The fourth-order valence-electron chi connectivity index (χ4n) is 2.99. The van der Waals surface area contributed by atoms with Crippen molar-refractivity contribution in [1.82, 2.24) is 15.1 Å². The monoisotopic (exact) mass is 373 g/mol. The van der Waals surface area contributed by atoms with E-state index in [0.717, 1.165) is 17.7 Å². The maximum Gasteiger partial charge on any atom is 0.254 e. The molecule has 5 nitrogen and oxygen atoms in total. The minimum absolute atomic E-state index is 0.0120. The maximum atomic E-state index is 13.6. The van der Waals surface area contributed by atoms with Gasteiger partial charge in [-0.1, -0.05) is 30.3 Å². The van der Waals surface area contributed by atoms with Crippen LogP contribution in [-0.2, 0) is 11.3 Å². The predicted molar refractivity (Wildman–Crippen MR) is 97.0 cm³/mol. The number of benzene rings is 2. The van der Waals surface area contributed by atoms with E-state index in [1.54, 1.807) is 4.90 Å². The van der Waals surface area contributed by atoms with E-state index in [2.05, 4.69) is 5.32 Å². The highest BCUT2D eigenvalue weighted by Gasteiger charge is 2.24. The van der Waals surface area contributed by atoms with Gasteiger partial charge in [0, 0.05) is 38.3 Å². The third-order valence-corrected chi connectivity index (χ3v) is 4.47. The maximum absolute atomic E-state index is 13.6. The number of nitrogens with zero attached hydrogens (tertiary/aromatic N) is 2. The van der Waals surface area contributed by atoms with Gasteiger partial charge in [0.15, 0.2) is 11.6 Å². The van der Waals surface area contributed by atoms with Gasteiger partial charge in [-0.25, -0.2) is 8.78 Å². The van der Waals surface area contributed by atoms with Crippen molar-refractivity contribution in [1.29, 1.82) is 0 Å². The Bertz CT molecular complexity index is 808. The van der Waals surface area contributed by atoms with Gasteiger partial charge in [0.05, 0.1) is 0 Å². The van der Waals surface area contributed by atoms with Crippen LogP contribution in [-0.4, -0.2) is 54.3 Å². The van der Waals surface area contributed by atoms with E-state index < -0.39 is 17.5 Å². The standard InChI is InChI=1S/C20H21F2N3O2/c21-17-7-6-16(12-18(17)22)20(27)25(13-15-4-2-1-3-5-15)14-19(26)24-10-8-23-9-11-24/h1-7,12,23H,8-11,13-14H2. The molecule has 2 aromatic rings. The van der Waals surface area contributed by atoms with Gasteiger partial charge in [0.2, 0.25) is 5.91 Å². The third-order valence-electron chi connectivity index (χ3n) is 4.47. The number of rotatable bonds is 5. The van der Waals surface area contributed by atoms with Gasteiger partial charge in [-0.2, -0.15) is 0 Å². The van der Waals surface area contributed by atoms with Crippen LogP contribution in [0.15, 0.2) is 48.5 Å². The minimum Gasteiger partial charge on any atom is -0.339 e. The molecule has 0 unspecified atom stereocenters. The molecule has 0 atom stereocenters. The average molecular weight is 373 g/mol. The average Bonchev–Trinajstić information content (AvgIpc) is 2.70. The molecule has 1 aliphatic rings. The Hall–Kier alpha value is -2.80. The smallest absolute Gasteiger partial charge is 0.254 e. The van der Waals surface area contributed by atoms with E-state index >= 15 is 0 Å². The number of hydrogen-bond acceptors (Lipinski definition) is 3. The predicted octanol–water partition coefficient (Wildman–Crippen LogP) is 2.04. The zero-order valence-corrected chi connectivity index (χ0v) is 14.8. The fraction of sp³-hybridized carbons (Fsp3) is 0.300. The van der Waals surface area contributed by atoms with Crippen molar-refractivity contribution in [3.63, 3.8) is 0 Å². The van der Waals surface area contributed by atoms with Crippen molar-refractivity contribution in [3.8, 4) is 0 Å². The first-order valence-corrected chi connectivity index (χ1v) is 8.81. The summed E-state index contributed by atoms with van der Waals surface area (Å²) in [7, 11) is 0. The van der Waals surface area contributed by atoms with Crippen molar-refractivity contribution in [2.75, 3.05) is 32.7 Å². The van der Waals surface area contributed by atoms with E-state index in [1.165, 1.54) is 11.0 Å². The van der Waals surface area contributed by atoms with Crippen LogP contribution in [0.4, 0.5) is 8.78 Å². The molecule has 0 aromatic heterocycles. The van der Waals surface area contributed by atoms with E-state index in [0.29, 0.717) is 26.2 Å². The van der Waals surface area contributed by atoms with Gasteiger partial charge < -0.3 is 15.1 Å². The van der Waals surface area contributed by atoms with E-state index in [9.17, 15) is 18.4 Å². The molecule has 0 radical (unpaired) electrons. The second kappa shape index (κ2) is 8.73. The van der Waals surface area contributed by atoms with Gasteiger partial charge in [0.1, 0.15) is 6.54 Å². The van der Waals surface area contributed by atoms with Crippen LogP contribution in [0.25, 0.3) is 0 Å². The summed E-state index contributed by atoms with van der Waals surface area (Å²) in [5.74, 6) is -2.78. The summed E-state index contributed by atoms with van der Waals surface area (Å²) in [5, 5.41) is 3.17.